The third-order valence-corrected chi connectivity index (χ3v) is 12.3. The molecule has 13 rings (SSSR count). The van der Waals surface area contributed by atoms with Crippen molar-refractivity contribution < 1.29 is 4.42 Å². The first-order valence-corrected chi connectivity index (χ1v) is 19.3. The Bertz CT molecular complexity index is 3750. The van der Waals surface area contributed by atoms with Crippen LogP contribution in [0.2, 0.25) is 0 Å². The van der Waals surface area contributed by atoms with Crippen LogP contribution in [0.4, 0.5) is 0 Å². The van der Waals surface area contributed by atoms with Gasteiger partial charge in [0.05, 0.1) is 11.0 Å². The lowest BCUT2D eigenvalue weighted by Crippen LogP contribution is -1.92. The number of aromatic nitrogens is 1. The van der Waals surface area contributed by atoms with Gasteiger partial charge in [-0.05, 0) is 125 Å². The minimum atomic E-state index is 0.900. The molecular formula is C54H31NO. The fourth-order valence-electron chi connectivity index (χ4n) is 9.83. The number of fused-ring (bicyclic) bond motifs is 9. The standard InChI is InChI=1S/C54H31NO/c1-2-11-36(12-3-1)55-49-17-9-8-16-42(49)46-31-52-48(30-50(46)55)47-29-35(22-27-51(47)56-52)38-23-18-32-21-26-44-41(24-19-33-20-25-43(38)53(32)54(33)44)45-28-34-10-4-5-13-37(34)39-14-6-7-15-40(39)45/h1-31H. The molecule has 0 radical (unpaired) electrons. The van der Waals surface area contributed by atoms with Crippen LogP contribution < -0.4 is 0 Å². The Hall–Kier alpha value is -7.42. The molecule has 0 spiro atoms. The van der Waals surface area contributed by atoms with Crippen molar-refractivity contribution in [3.63, 3.8) is 0 Å². The molecule has 0 fully saturated rings. The summed E-state index contributed by atoms with van der Waals surface area (Å²) >= 11 is 0. The second-order valence-electron chi connectivity index (χ2n) is 15.2. The average Bonchev–Trinajstić information content (AvgIpc) is 3.79. The maximum atomic E-state index is 6.60. The van der Waals surface area contributed by atoms with Gasteiger partial charge in [0.2, 0.25) is 0 Å². The van der Waals surface area contributed by atoms with Gasteiger partial charge < -0.3 is 8.98 Å². The highest BCUT2D eigenvalue weighted by Crippen LogP contribution is 2.46. The Morgan fingerprint density at radius 1 is 0.304 bits per heavy atom. The molecule has 0 aliphatic rings. The maximum absolute atomic E-state index is 6.60. The highest BCUT2D eigenvalue weighted by Gasteiger charge is 2.19. The van der Waals surface area contributed by atoms with Crippen LogP contribution in [-0.2, 0) is 0 Å². The monoisotopic (exact) mass is 709 g/mol. The summed E-state index contributed by atoms with van der Waals surface area (Å²) < 4.78 is 8.98. The molecule has 0 saturated carbocycles. The van der Waals surface area contributed by atoms with Crippen molar-refractivity contribution >= 4 is 97.6 Å². The topological polar surface area (TPSA) is 18.1 Å². The number of hydrogen-bond acceptors (Lipinski definition) is 1. The number of nitrogens with zero attached hydrogens (tertiary/aromatic N) is 1. The molecule has 0 aliphatic carbocycles. The van der Waals surface area contributed by atoms with Crippen molar-refractivity contribution in [2.75, 3.05) is 0 Å². The Kier molecular flexibility index (Phi) is 5.92. The van der Waals surface area contributed by atoms with E-state index in [1.807, 2.05) is 0 Å². The molecule has 2 heteroatoms. The zero-order valence-corrected chi connectivity index (χ0v) is 30.3. The van der Waals surface area contributed by atoms with Crippen molar-refractivity contribution in [1.29, 1.82) is 0 Å². The van der Waals surface area contributed by atoms with E-state index < -0.39 is 0 Å². The van der Waals surface area contributed by atoms with Crippen LogP contribution in [0.5, 0.6) is 0 Å². The summed E-state index contributed by atoms with van der Waals surface area (Å²) in [6.07, 6.45) is 0. The van der Waals surface area contributed by atoms with Crippen LogP contribution in [0.3, 0.4) is 0 Å². The fourth-order valence-corrected chi connectivity index (χ4v) is 9.83. The summed E-state index contributed by atoms with van der Waals surface area (Å²) in [6, 6.07) is 69.1. The zero-order valence-electron chi connectivity index (χ0n) is 30.3. The summed E-state index contributed by atoms with van der Waals surface area (Å²) in [6.45, 7) is 0. The van der Waals surface area contributed by atoms with E-state index in [9.17, 15) is 0 Å². The van der Waals surface area contributed by atoms with Crippen LogP contribution in [0.15, 0.2) is 192 Å². The van der Waals surface area contributed by atoms with Gasteiger partial charge >= 0.3 is 0 Å². The second-order valence-corrected chi connectivity index (χ2v) is 15.2. The van der Waals surface area contributed by atoms with E-state index >= 15 is 0 Å². The van der Waals surface area contributed by atoms with E-state index in [0.717, 1.165) is 27.6 Å². The van der Waals surface area contributed by atoms with E-state index in [4.69, 9.17) is 4.42 Å². The van der Waals surface area contributed by atoms with Gasteiger partial charge in [-0.3, -0.25) is 0 Å². The van der Waals surface area contributed by atoms with Crippen LogP contribution in [0.25, 0.3) is 126 Å². The van der Waals surface area contributed by atoms with Gasteiger partial charge in [0.1, 0.15) is 11.2 Å². The molecule has 11 aromatic carbocycles. The third kappa shape index (κ3) is 4.05. The number of benzene rings is 11. The van der Waals surface area contributed by atoms with E-state index in [1.165, 1.54) is 97.9 Å². The van der Waals surface area contributed by atoms with Crippen molar-refractivity contribution in [3.05, 3.63) is 188 Å². The Morgan fingerprint density at radius 3 is 1.77 bits per heavy atom. The molecule has 13 aromatic rings. The maximum Gasteiger partial charge on any atom is 0.136 e. The van der Waals surface area contributed by atoms with Gasteiger partial charge in [-0.15, -0.1) is 0 Å². The summed E-state index contributed by atoms with van der Waals surface area (Å²) in [5.41, 5.74) is 10.3. The zero-order chi connectivity index (χ0) is 36.5. The lowest BCUT2D eigenvalue weighted by molar-refractivity contribution is 0.669. The molecule has 0 aliphatic heterocycles. The summed E-state index contributed by atoms with van der Waals surface area (Å²) in [7, 11) is 0. The van der Waals surface area contributed by atoms with Crippen LogP contribution in [0.1, 0.15) is 0 Å². The highest BCUT2D eigenvalue weighted by molar-refractivity contribution is 6.29. The molecule has 0 amide bonds. The van der Waals surface area contributed by atoms with Crippen LogP contribution >= 0.6 is 0 Å². The molecule has 2 heterocycles. The van der Waals surface area contributed by atoms with Crippen molar-refractivity contribution in [1.82, 2.24) is 4.57 Å². The SMILES string of the molecule is c1ccc(-n2c3ccccc3c3cc4oc5ccc(-c6ccc7ccc8c(-c9cc%10ccccc%10c%10ccccc9%10)ccc9ccc6c7c98)cc5c4cc32)cc1. The largest absolute Gasteiger partial charge is 0.456 e. The molecular weight excluding hydrogens is 679 g/mol. The van der Waals surface area contributed by atoms with E-state index in [2.05, 4.69) is 193 Å². The van der Waals surface area contributed by atoms with Gasteiger partial charge in [0, 0.05) is 27.2 Å². The number of rotatable bonds is 3. The Balaban J connectivity index is 1.04. The number of furan rings is 1. The first-order valence-electron chi connectivity index (χ1n) is 19.3. The van der Waals surface area contributed by atoms with Crippen LogP contribution in [0, 0.1) is 0 Å². The first kappa shape index (κ1) is 30.0. The van der Waals surface area contributed by atoms with E-state index in [-0.39, 0.29) is 0 Å². The molecule has 56 heavy (non-hydrogen) atoms. The summed E-state index contributed by atoms with van der Waals surface area (Å²) in [5.74, 6) is 0. The van der Waals surface area contributed by atoms with Crippen molar-refractivity contribution in [3.8, 4) is 27.9 Å². The second kappa shape index (κ2) is 11.1. The molecule has 0 atom stereocenters. The van der Waals surface area contributed by atoms with E-state index in [0.29, 0.717) is 0 Å². The molecule has 2 aromatic heterocycles. The summed E-state index contributed by atoms with van der Waals surface area (Å²) in [4.78, 5) is 0. The molecule has 2 nitrogen and oxygen atoms in total. The number of hydrogen-bond donors (Lipinski definition) is 0. The van der Waals surface area contributed by atoms with Crippen LogP contribution in [-0.4, -0.2) is 4.57 Å². The third-order valence-electron chi connectivity index (χ3n) is 12.3. The Labute approximate surface area is 321 Å². The minimum absolute atomic E-state index is 0.900. The first-order chi connectivity index (χ1) is 27.8. The van der Waals surface area contributed by atoms with Gasteiger partial charge in [-0.25, -0.2) is 0 Å². The summed E-state index contributed by atoms with van der Waals surface area (Å²) in [5, 5.41) is 17.5. The predicted molar refractivity (Wildman–Crippen MR) is 238 cm³/mol. The Morgan fingerprint density at radius 2 is 0.946 bits per heavy atom. The predicted octanol–water partition coefficient (Wildman–Crippen LogP) is 15.2. The smallest absolute Gasteiger partial charge is 0.136 e. The molecule has 258 valence electrons. The van der Waals surface area contributed by atoms with Gasteiger partial charge in [0.25, 0.3) is 0 Å². The van der Waals surface area contributed by atoms with Gasteiger partial charge in [-0.2, -0.15) is 0 Å². The lowest BCUT2D eigenvalue weighted by atomic mass is 9.85. The van der Waals surface area contributed by atoms with E-state index in [1.54, 1.807) is 0 Å². The molecule has 0 bridgehead atoms. The molecule has 0 N–H and O–H groups in total. The fraction of sp³-hybridized carbons (Fsp3) is 0. The number of para-hydroxylation sites is 2. The van der Waals surface area contributed by atoms with Crippen molar-refractivity contribution in [2.45, 2.75) is 0 Å². The van der Waals surface area contributed by atoms with Crippen molar-refractivity contribution in [2.24, 2.45) is 0 Å². The van der Waals surface area contributed by atoms with Gasteiger partial charge in [0.15, 0.2) is 0 Å². The normalized spacial score (nSPS) is 12.3. The lowest BCUT2D eigenvalue weighted by Gasteiger charge is -2.18. The minimum Gasteiger partial charge on any atom is -0.456 e. The average molecular weight is 710 g/mol. The highest BCUT2D eigenvalue weighted by atomic mass is 16.3. The quantitative estimate of drug-likeness (QED) is 0.167. The van der Waals surface area contributed by atoms with Gasteiger partial charge in [-0.1, -0.05) is 140 Å². The molecule has 0 unspecified atom stereocenters. The molecule has 0 saturated heterocycles.